The summed E-state index contributed by atoms with van der Waals surface area (Å²) in [6.45, 7) is 3.42. The van der Waals surface area contributed by atoms with E-state index < -0.39 is 0 Å². The number of pyridine rings is 1. The highest BCUT2D eigenvalue weighted by Crippen LogP contribution is 2.30. The molecule has 1 unspecified atom stereocenters. The predicted molar refractivity (Wildman–Crippen MR) is 111 cm³/mol. The number of aryl methyl sites for hydroxylation is 2. The molecule has 1 fully saturated rings. The van der Waals surface area contributed by atoms with Crippen LogP contribution < -0.4 is 9.47 Å². The standard InChI is InChI=1S/C22H26N4O3/c1-14-24-20-17(7-9-23-21(20)25(14)2)22(27)26-10-8-16(13-26)11-15-5-6-18(28-3)19(12-15)29-4/h5-7,9,12,16H,8,10-11,13H2,1-4H3. The number of carbonyl (C=O) groups excluding carboxylic acids is 1. The van der Waals surface area contributed by atoms with Gasteiger partial charge < -0.3 is 18.9 Å². The summed E-state index contributed by atoms with van der Waals surface area (Å²) >= 11 is 0. The molecular weight excluding hydrogens is 368 g/mol. The highest BCUT2D eigenvalue weighted by molar-refractivity contribution is 6.04. The minimum Gasteiger partial charge on any atom is -0.493 e. The van der Waals surface area contributed by atoms with E-state index in [4.69, 9.17) is 9.47 Å². The van der Waals surface area contributed by atoms with Crippen LogP contribution in [0.15, 0.2) is 30.5 Å². The normalized spacial score (nSPS) is 16.4. The van der Waals surface area contributed by atoms with Crippen molar-refractivity contribution in [2.75, 3.05) is 27.3 Å². The fourth-order valence-electron chi connectivity index (χ4n) is 4.06. The monoisotopic (exact) mass is 394 g/mol. The largest absolute Gasteiger partial charge is 0.493 e. The van der Waals surface area contributed by atoms with Crippen LogP contribution in [0.1, 0.15) is 28.2 Å². The zero-order valence-electron chi connectivity index (χ0n) is 17.3. The number of methoxy groups -OCH3 is 2. The van der Waals surface area contributed by atoms with Gasteiger partial charge in [-0.15, -0.1) is 0 Å². The van der Waals surface area contributed by atoms with E-state index in [1.54, 1.807) is 26.5 Å². The zero-order valence-corrected chi connectivity index (χ0v) is 17.3. The number of hydrogen-bond acceptors (Lipinski definition) is 5. The van der Waals surface area contributed by atoms with Gasteiger partial charge in [-0.05, 0) is 49.4 Å². The van der Waals surface area contributed by atoms with Crippen LogP contribution in [0.4, 0.5) is 0 Å². The highest BCUT2D eigenvalue weighted by Gasteiger charge is 2.29. The van der Waals surface area contributed by atoms with Gasteiger partial charge in [0.15, 0.2) is 17.1 Å². The Hall–Kier alpha value is -3.09. The van der Waals surface area contributed by atoms with Gasteiger partial charge in [-0.25, -0.2) is 9.97 Å². The molecule has 0 spiro atoms. The van der Waals surface area contributed by atoms with Gasteiger partial charge in [0.2, 0.25) is 0 Å². The summed E-state index contributed by atoms with van der Waals surface area (Å²) in [5.41, 5.74) is 3.24. The Balaban J connectivity index is 1.49. The molecule has 3 heterocycles. The lowest BCUT2D eigenvalue weighted by Crippen LogP contribution is -2.29. The highest BCUT2D eigenvalue weighted by atomic mass is 16.5. The molecule has 0 saturated carbocycles. The Bertz CT molecular complexity index is 1060. The number of likely N-dealkylation sites (tertiary alicyclic amines) is 1. The summed E-state index contributed by atoms with van der Waals surface area (Å²) in [5, 5.41) is 0. The number of hydrogen-bond donors (Lipinski definition) is 0. The first-order valence-electron chi connectivity index (χ1n) is 9.80. The van der Waals surface area contributed by atoms with Crippen molar-refractivity contribution in [1.29, 1.82) is 0 Å². The van der Waals surface area contributed by atoms with Crippen LogP contribution >= 0.6 is 0 Å². The third-order valence-electron chi connectivity index (χ3n) is 5.76. The number of imidazole rings is 1. The van der Waals surface area contributed by atoms with Crippen LogP contribution in [0.5, 0.6) is 11.5 Å². The third kappa shape index (κ3) is 3.52. The van der Waals surface area contributed by atoms with Crippen molar-refractivity contribution in [2.24, 2.45) is 13.0 Å². The second-order valence-electron chi connectivity index (χ2n) is 7.55. The molecule has 0 aliphatic carbocycles. The molecular formula is C22H26N4O3. The van der Waals surface area contributed by atoms with Gasteiger partial charge in [-0.3, -0.25) is 4.79 Å². The van der Waals surface area contributed by atoms with Crippen LogP contribution in [-0.4, -0.2) is 52.7 Å². The number of nitrogens with zero attached hydrogens (tertiary/aromatic N) is 4. The van der Waals surface area contributed by atoms with Gasteiger partial charge in [0.1, 0.15) is 11.3 Å². The van der Waals surface area contributed by atoms with E-state index in [0.29, 0.717) is 17.0 Å². The maximum Gasteiger partial charge on any atom is 0.256 e. The lowest BCUT2D eigenvalue weighted by atomic mass is 9.98. The Morgan fingerprint density at radius 1 is 1.21 bits per heavy atom. The van der Waals surface area contributed by atoms with E-state index in [1.807, 2.05) is 35.6 Å². The van der Waals surface area contributed by atoms with Crippen molar-refractivity contribution in [3.63, 3.8) is 0 Å². The number of aromatic nitrogens is 3. The van der Waals surface area contributed by atoms with Gasteiger partial charge in [-0.1, -0.05) is 6.07 Å². The SMILES string of the molecule is COc1ccc(CC2CCN(C(=O)c3ccnc4c3nc(C)n4C)C2)cc1OC. The molecule has 1 atom stereocenters. The van der Waals surface area contributed by atoms with Crippen LogP contribution in [0.2, 0.25) is 0 Å². The molecule has 152 valence electrons. The summed E-state index contributed by atoms with van der Waals surface area (Å²) in [4.78, 5) is 24.0. The van der Waals surface area contributed by atoms with Gasteiger partial charge >= 0.3 is 0 Å². The Labute approximate surface area is 170 Å². The molecule has 0 N–H and O–H groups in total. The first-order valence-corrected chi connectivity index (χ1v) is 9.80. The quantitative estimate of drug-likeness (QED) is 0.665. The fraction of sp³-hybridized carbons (Fsp3) is 0.409. The van der Waals surface area contributed by atoms with Gasteiger partial charge in [0.05, 0.1) is 19.8 Å². The van der Waals surface area contributed by atoms with Gasteiger partial charge in [-0.2, -0.15) is 0 Å². The number of benzene rings is 1. The molecule has 0 radical (unpaired) electrons. The molecule has 2 aromatic heterocycles. The molecule has 1 aliphatic rings. The lowest BCUT2D eigenvalue weighted by molar-refractivity contribution is 0.0788. The molecule has 29 heavy (non-hydrogen) atoms. The van der Waals surface area contributed by atoms with Crippen LogP contribution in [-0.2, 0) is 13.5 Å². The molecule has 4 rings (SSSR count). The topological polar surface area (TPSA) is 69.5 Å². The summed E-state index contributed by atoms with van der Waals surface area (Å²) < 4.78 is 12.6. The maximum absolute atomic E-state index is 13.2. The van der Waals surface area contributed by atoms with Crippen LogP contribution in [0.25, 0.3) is 11.2 Å². The van der Waals surface area contributed by atoms with Crippen molar-refractivity contribution in [3.05, 3.63) is 47.4 Å². The molecule has 1 aliphatic heterocycles. The fourth-order valence-corrected chi connectivity index (χ4v) is 4.06. The molecule has 7 heteroatoms. The number of amides is 1. The first-order chi connectivity index (χ1) is 14.0. The van der Waals surface area contributed by atoms with E-state index in [9.17, 15) is 4.79 Å². The first kappa shape index (κ1) is 19.2. The summed E-state index contributed by atoms with van der Waals surface area (Å²) in [6, 6.07) is 7.79. The Morgan fingerprint density at radius 3 is 2.76 bits per heavy atom. The number of carbonyl (C=O) groups is 1. The molecule has 1 amide bonds. The zero-order chi connectivity index (χ0) is 20.5. The summed E-state index contributed by atoms with van der Waals surface area (Å²) in [7, 11) is 5.20. The summed E-state index contributed by atoms with van der Waals surface area (Å²) in [6.07, 6.45) is 3.57. The van der Waals surface area contributed by atoms with E-state index in [2.05, 4.69) is 16.0 Å². The molecule has 3 aromatic rings. The summed E-state index contributed by atoms with van der Waals surface area (Å²) in [5.74, 6) is 2.76. The molecule has 0 bridgehead atoms. The second-order valence-corrected chi connectivity index (χ2v) is 7.55. The van der Waals surface area contributed by atoms with Gasteiger partial charge in [0.25, 0.3) is 5.91 Å². The Kier molecular flexibility index (Phi) is 5.13. The van der Waals surface area contributed by atoms with Crippen molar-refractivity contribution in [1.82, 2.24) is 19.4 Å². The molecule has 1 aromatic carbocycles. The molecule has 7 nitrogen and oxygen atoms in total. The minimum absolute atomic E-state index is 0.0327. The average Bonchev–Trinajstić information content (AvgIpc) is 3.32. The van der Waals surface area contributed by atoms with Gasteiger partial charge in [0, 0.05) is 26.3 Å². The third-order valence-corrected chi connectivity index (χ3v) is 5.76. The smallest absolute Gasteiger partial charge is 0.256 e. The van der Waals surface area contributed by atoms with Crippen molar-refractivity contribution in [2.45, 2.75) is 19.8 Å². The van der Waals surface area contributed by atoms with E-state index in [1.165, 1.54) is 5.56 Å². The van der Waals surface area contributed by atoms with Crippen molar-refractivity contribution >= 4 is 17.1 Å². The van der Waals surface area contributed by atoms with Crippen LogP contribution in [0, 0.1) is 12.8 Å². The average molecular weight is 394 g/mol. The van der Waals surface area contributed by atoms with Crippen molar-refractivity contribution < 1.29 is 14.3 Å². The molecule has 1 saturated heterocycles. The number of fused-ring (bicyclic) bond motifs is 1. The second kappa shape index (κ2) is 7.73. The van der Waals surface area contributed by atoms with E-state index >= 15 is 0 Å². The van der Waals surface area contributed by atoms with E-state index in [0.717, 1.165) is 48.9 Å². The minimum atomic E-state index is 0.0327. The van der Waals surface area contributed by atoms with Crippen molar-refractivity contribution in [3.8, 4) is 11.5 Å². The predicted octanol–water partition coefficient (Wildman–Crippen LogP) is 3.00. The lowest BCUT2D eigenvalue weighted by Gasteiger charge is -2.17. The maximum atomic E-state index is 13.2. The van der Waals surface area contributed by atoms with Crippen LogP contribution in [0.3, 0.4) is 0 Å². The number of ether oxygens (including phenoxy) is 2. The Morgan fingerprint density at radius 2 is 2.00 bits per heavy atom. The number of rotatable bonds is 5. The van der Waals surface area contributed by atoms with E-state index in [-0.39, 0.29) is 5.91 Å².